The van der Waals surface area contributed by atoms with Crippen molar-refractivity contribution in [2.45, 2.75) is 59.1 Å². The van der Waals surface area contributed by atoms with Gasteiger partial charge in [-0.3, -0.25) is 4.89 Å². The summed E-state index contributed by atoms with van der Waals surface area (Å²) in [6, 6.07) is 0. The zero-order chi connectivity index (χ0) is 14.6. The highest BCUT2D eigenvalue weighted by atomic mass is 17.2. The smallest absolute Gasteiger partial charge is 0.312 e. The Morgan fingerprint density at radius 2 is 2.05 bits per heavy atom. The minimum absolute atomic E-state index is 0.0651. The lowest BCUT2D eigenvalue weighted by Crippen LogP contribution is -2.50. The molecule has 0 aromatic carbocycles. The SMILES string of the molecule is C=C(C)C(=O)OOC(C(C)C)C1CCNC(C)(C)C1. The third kappa shape index (κ3) is 4.96. The molecule has 0 amide bonds. The molecule has 2 atom stereocenters. The van der Waals surface area contributed by atoms with E-state index in [-0.39, 0.29) is 11.6 Å². The van der Waals surface area contributed by atoms with E-state index in [0.717, 1.165) is 19.4 Å². The fourth-order valence-corrected chi connectivity index (χ4v) is 2.61. The van der Waals surface area contributed by atoms with E-state index in [1.807, 2.05) is 0 Å². The Morgan fingerprint density at radius 3 is 2.53 bits per heavy atom. The van der Waals surface area contributed by atoms with Crippen LogP contribution in [0.3, 0.4) is 0 Å². The lowest BCUT2D eigenvalue weighted by molar-refractivity contribution is -0.313. The van der Waals surface area contributed by atoms with Crippen molar-refractivity contribution >= 4 is 5.97 Å². The molecule has 4 heteroatoms. The first-order valence-corrected chi connectivity index (χ1v) is 7.01. The quantitative estimate of drug-likeness (QED) is 0.473. The Bertz CT molecular complexity index is 336. The fourth-order valence-electron chi connectivity index (χ4n) is 2.61. The van der Waals surface area contributed by atoms with Gasteiger partial charge in [0.15, 0.2) is 0 Å². The molecule has 1 aliphatic rings. The molecule has 0 saturated carbocycles. The summed E-state index contributed by atoms with van der Waals surface area (Å²) in [5.74, 6) is 0.213. The van der Waals surface area contributed by atoms with E-state index < -0.39 is 5.97 Å². The summed E-state index contributed by atoms with van der Waals surface area (Å²) in [5.41, 5.74) is 0.464. The van der Waals surface area contributed by atoms with E-state index in [1.54, 1.807) is 6.92 Å². The van der Waals surface area contributed by atoms with Gasteiger partial charge < -0.3 is 5.32 Å². The van der Waals surface area contributed by atoms with Gasteiger partial charge in [-0.1, -0.05) is 20.4 Å². The third-order valence-electron chi connectivity index (χ3n) is 3.60. The molecule has 110 valence electrons. The van der Waals surface area contributed by atoms with Crippen LogP contribution in [-0.2, 0) is 14.6 Å². The Labute approximate surface area is 116 Å². The van der Waals surface area contributed by atoms with Crippen LogP contribution in [0.4, 0.5) is 0 Å². The highest BCUT2D eigenvalue weighted by Crippen LogP contribution is 2.31. The number of carbonyl (C=O) groups is 1. The van der Waals surface area contributed by atoms with E-state index in [2.05, 4.69) is 39.6 Å². The maximum absolute atomic E-state index is 11.4. The lowest BCUT2D eigenvalue weighted by atomic mass is 9.78. The number of rotatable bonds is 5. The molecule has 2 unspecified atom stereocenters. The average molecular weight is 269 g/mol. The van der Waals surface area contributed by atoms with Crippen LogP contribution in [0.2, 0.25) is 0 Å². The average Bonchev–Trinajstić information content (AvgIpc) is 2.27. The normalized spacial score (nSPS) is 24.0. The van der Waals surface area contributed by atoms with Gasteiger partial charge in [-0.05, 0) is 52.0 Å². The minimum Gasteiger partial charge on any atom is -0.312 e. The van der Waals surface area contributed by atoms with Crippen molar-refractivity contribution < 1.29 is 14.6 Å². The predicted molar refractivity (Wildman–Crippen MR) is 75.4 cm³/mol. The van der Waals surface area contributed by atoms with E-state index >= 15 is 0 Å². The first-order valence-electron chi connectivity index (χ1n) is 7.01. The summed E-state index contributed by atoms with van der Waals surface area (Å²) in [6.07, 6.45) is 1.99. The number of nitrogens with one attached hydrogen (secondary N) is 1. The largest absolute Gasteiger partial charge is 0.368 e. The van der Waals surface area contributed by atoms with Crippen LogP contribution >= 0.6 is 0 Å². The number of hydrogen-bond acceptors (Lipinski definition) is 4. The Kier molecular flexibility index (Phi) is 5.56. The van der Waals surface area contributed by atoms with Crippen LogP contribution in [0.1, 0.15) is 47.5 Å². The molecular formula is C15H27NO3. The van der Waals surface area contributed by atoms with Crippen molar-refractivity contribution in [2.75, 3.05) is 6.54 Å². The van der Waals surface area contributed by atoms with E-state index in [9.17, 15) is 4.79 Å². The van der Waals surface area contributed by atoms with Crippen LogP contribution in [0.25, 0.3) is 0 Å². The molecule has 0 spiro atoms. The minimum atomic E-state index is -0.487. The molecule has 1 fully saturated rings. The molecule has 0 aromatic rings. The van der Waals surface area contributed by atoms with Crippen LogP contribution in [-0.4, -0.2) is 24.2 Å². The summed E-state index contributed by atoms with van der Waals surface area (Å²) in [7, 11) is 0. The molecule has 1 N–H and O–H groups in total. The van der Waals surface area contributed by atoms with Gasteiger partial charge in [0.2, 0.25) is 0 Å². The summed E-state index contributed by atoms with van der Waals surface area (Å²) in [6.45, 7) is 14.7. The molecular weight excluding hydrogens is 242 g/mol. The highest BCUT2D eigenvalue weighted by Gasteiger charge is 2.35. The van der Waals surface area contributed by atoms with Crippen LogP contribution in [0.5, 0.6) is 0 Å². The van der Waals surface area contributed by atoms with Gasteiger partial charge in [-0.15, -0.1) is 0 Å². The van der Waals surface area contributed by atoms with E-state index in [0.29, 0.717) is 17.4 Å². The molecule has 4 nitrogen and oxygen atoms in total. The fraction of sp³-hybridized carbons (Fsp3) is 0.800. The van der Waals surface area contributed by atoms with Gasteiger partial charge in [-0.25, -0.2) is 4.79 Å². The molecule has 1 heterocycles. The van der Waals surface area contributed by atoms with Gasteiger partial charge >= 0.3 is 5.97 Å². The zero-order valence-electron chi connectivity index (χ0n) is 12.8. The van der Waals surface area contributed by atoms with Crippen molar-refractivity contribution in [2.24, 2.45) is 11.8 Å². The molecule has 1 saturated heterocycles. The van der Waals surface area contributed by atoms with Gasteiger partial charge in [0.1, 0.15) is 6.10 Å². The summed E-state index contributed by atoms with van der Waals surface area (Å²) in [5, 5.41) is 3.49. The summed E-state index contributed by atoms with van der Waals surface area (Å²) < 4.78 is 0. The van der Waals surface area contributed by atoms with Crippen molar-refractivity contribution in [3.8, 4) is 0 Å². The number of carbonyl (C=O) groups excluding carboxylic acids is 1. The van der Waals surface area contributed by atoms with Crippen molar-refractivity contribution in [3.63, 3.8) is 0 Å². The molecule has 0 aliphatic carbocycles. The second-order valence-corrected chi connectivity index (χ2v) is 6.52. The van der Waals surface area contributed by atoms with E-state index in [1.165, 1.54) is 0 Å². The maximum Gasteiger partial charge on any atom is 0.368 e. The topological polar surface area (TPSA) is 47.6 Å². The second-order valence-electron chi connectivity index (χ2n) is 6.52. The monoisotopic (exact) mass is 269 g/mol. The first kappa shape index (κ1) is 16.2. The summed E-state index contributed by atoms with van der Waals surface area (Å²) in [4.78, 5) is 21.7. The van der Waals surface area contributed by atoms with Gasteiger partial charge in [0.25, 0.3) is 0 Å². The van der Waals surface area contributed by atoms with Gasteiger partial charge in [-0.2, -0.15) is 4.89 Å². The molecule has 19 heavy (non-hydrogen) atoms. The molecule has 1 rings (SSSR count). The second kappa shape index (κ2) is 6.53. The molecule has 0 radical (unpaired) electrons. The Balaban J connectivity index is 2.62. The molecule has 0 bridgehead atoms. The molecule has 0 aromatic heterocycles. The van der Waals surface area contributed by atoms with Gasteiger partial charge in [0.05, 0.1) is 0 Å². The summed E-state index contributed by atoms with van der Waals surface area (Å²) >= 11 is 0. The third-order valence-corrected chi connectivity index (χ3v) is 3.60. The highest BCUT2D eigenvalue weighted by molar-refractivity contribution is 5.86. The van der Waals surface area contributed by atoms with Crippen LogP contribution in [0.15, 0.2) is 12.2 Å². The Hall–Kier alpha value is -0.870. The molecule has 1 aliphatic heterocycles. The van der Waals surface area contributed by atoms with E-state index in [4.69, 9.17) is 9.78 Å². The maximum atomic E-state index is 11.4. The zero-order valence-corrected chi connectivity index (χ0v) is 12.8. The number of hydrogen-bond donors (Lipinski definition) is 1. The van der Waals surface area contributed by atoms with Gasteiger partial charge in [0, 0.05) is 11.1 Å². The first-order chi connectivity index (χ1) is 8.73. The number of piperidine rings is 1. The van der Waals surface area contributed by atoms with Crippen LogP contribution in [0, 0.1) is 11.8 Å². The Morgan fingerprint density at radius 1 is 1.42 bits per heavy atom. The van der Waals surface area contributed by atoms with Crippen LogP contribution < -0.4 is 5.32 Å². The van der Waals surface area contributed by atoms with Crippen molar-refractivity contribution in [1.29, 1.82) is 0 Å². The lowest BCUT2D eigenvalue weighted by Gasteiger charge is -2.40. The standard InChI is InChI=1S/C15H27NO3/c1-10(2)13(18-19-14(17)11(3)4)12-7-8-16-15(5,6)9-12/h10,12-13,16H,3,7-9H2,1-2,4-6H3. The predicted octanol–water partition coefficient (Wildman–Crippen LogP) is 2.84. The van der Waals surface area contributed by atoms with Crippen molar-refractivity contribution in [3.05, 3.63) is 12.2 Å². The van der Waals surface area contributed by atoms with Crippen molar-refractivity contribution in [1.82, 2.24) is 5.32 Å².